The van der Waals surface area contributed by atoms with Gasteiger partial charge in [0.15, 0.2) is 11.5 Å². The molecule has 1 unspecified atom stereocenters. The summed E-state index contributed by atoms with van der Waals surface area (Å²) in [6, 6.07) is 5.03. The van der Waals surface area contributed by atoms with Gasteiger partial charge in [-0.25, -0.2) is 0 Å². The van der Waals surface area contributed by atoms with Gasteiger partial charge in [-0.3, -0.25) is 4.79 Å². The summed E-state index contributed by atoms with van der Waals surface area (Å²) in [7, 11) is 0. The smallest absolute Gasteiger partial charge is 0.251 e. The van der Waals surface area contributed by atoms with Crippen LogP contribution in [0.4, 0.5) is 0 Å². The predicted octanol–water partition coefficient (Wildman–Crippen LogP) is 1.31. The summed E-state index contributed by atoms with van der Waals surface area (Å²) in [4.78, 5) is 12.1. The molecule has 0 fully saturated rings. The molecule has 1 aliphatic rings. The maximum atomic E-state index is 12.1. The molecule has 1 amide bonds. The molecule has 5 nitrogen and oxygen atoms in total. The van der Waals surface area contributed by atoms with Crippen molar-refractivity contribution >= 4 is 5.91 Å². The lowest BCUT2D eigenvalue weighted by atomic mass is 9.99. The fourth-order valence-electron chi connectivity index (χ4n) is 1.62. The third kappa shape index (κ3) is 2.41. The SMILES string of the molecule is CCC(C)(CO)NC(=O)c1ccc2c(c1)OCO2. The van der Waals surface area contributed by atoms with Crippen molar-refractivity contribution in [3.63, 3.8) is 0 Å². The van der Waals surface area contributed by atoms with E-state index in [1.807, 2.05) is 6.92 Å². The monoisotopic (exact) mass is 251 g/mol. The third-order valence-electron chi connectivity index (χ3n) is 3.18. The number of rotatable bonds is 4. The van der Waals surface area contributed by atoms with Gasteiger partial charge in [-0.1, -0.05) is 6.92 Å². The van der Waals surface area contributed by atoms with Crippen LogP contribution in [0.15, 0.2) is 18.2 Å². The van der Waals surface area contributed by atoms with E-state index in [4.69, 9.17) is 9.47 Å². The van der Waals surface area contributed by atoms with Crippen molar-refractivity contribution in [1.82, 2.24) is 5.32 Å². The van der Waals surface area contributed by atoms with Crippen molar-refractivity contribution in [3.8, 4) is 11.5 Å². The lowest BCUT2D eigenvalue weighted by Gasteiger charge is -2.27. The van der Waals surface area contributed by atoms with E-state index in [-0.39, 0.29) is 19.3 Å². The molecular formula is C13H17NO4. The van der Waals surface area contributed by atoms with Gasteiger partial charge < -0.3 is 19.9 Å². The second kappa shape index (κ2) is 4.86. The Morgan fingerprint density at radius 1 is 1.44 bits per heavy atom. The second-order valence-corrected chi connectivity index (χ2v) is 4.59. The first kappa shape index (κ1) is 12.7. The summed E-state index contributed by atoms with van der Waals surface area (Å²) in [5.74, 6) is 0.989. The number of amides is 1. The number of carbonyl (C=O) groups excluding carboxylic acids is 1. The van der Waals surface area contributed by atoms with E-state index in [0.717, 1.165) is 0 Å². The van der Waals surface area contributed by atoms with E-state index in [1.165, 1.54) is 0 Å². The molecule has 0 spiro atoms. The Labute approximate surface area is 106 Å². The minimum absolute atomic E-state index is 0.0974. The van der Waals surface area contributed by atoms with Crippen LogP contribution in [0.1, 0.15) is 30.6 Å². The van der Waals surface area contributed by atoms with Crippen molar-refractivity contribution < 1.29 is 19.4 Å². The molecule has 0 aromatic heterocycles. The Morgan fingerprint density at radius 3 is 2.83 bits per heavy atom. The Kier molecular flexibility index (Phi) is 3.43. The van der Waals surface area contributed by atoms with Gasteiger partial charge in [0.05, 0.1) is 12.1 Å². The van der Waals surface area contributed by atoms with Gasteiger partial charge in [-0.2, -0.15) is 0 Å². The van der Waals surface area contributed by atoms with Crippen LogP contribution < -0.4 is 14.8 Å². The maximum Gasteiger partial charge on any atom is 0.251 e. The van der Waals surface area contributed by atoms with E-state index in [0.29, 0.717) is 23.5 Å². The summed E-state index contributed by atoms with van der Waals surface area (Å²) in [6.45, 7) is 3.80. The van der Waals surface area contributed by atoms with Gasteiger partial charge in [0.1, 0.15) is 0 Å². The van der Waals surface area contributed by atoms with E-state index >= 15 is 0 Å². The van der Waals surface area contributed by atoms with Gasteiger partial charge in [-0.15, -0.1) is 0 Å². The number of benzene rings is 1. The Hall–Kier alpha value is -1.75. The van der Waals surface area contributed by atoms with Crippen LogP contribution in [0.25, 0.3) is 0 Å². The molecule has 98 valence electrons. The first-order valence-corrected chi connectivity index (χ1v) is 5.91. The molecule has 0 saturated heterocycles. The Bertz CT molecular complexity index is 454. The third-order valence-corrected chi connectivity index (χ3v) is 3.18. The van der Waals surface area contributed by atoms with Gasteiger partial charge in [0.2, 0.25) is 6.79 Å². The zero-order chi connectivity index (χ0) is 13.2. The fraction of sp³-hybridized carbons (Fsp3) is 0.462. The molecule has 2 rings (SSSR count). The van der Waals surface area contributed by atoms with E-state index in [9.17, 15) is 9.90 Å². The number of fused-ring (bicyclic) bond motifs is 1. The molecule has 2 N–H and O–H groups in total. The van der Waals surface area contributed by atoms with Gasteiger partial charge in [-0.05, 0) is 31.5 Å². The maximum absolute atomic E-state index is 12.1. The minimum atomic E-state index is -0.604. The van der Waals surface area contributed by atoms with Crippen LogP contribution in [-0.4, -0.2) is 30.0 Å². The highest BCUT2D eigenvalue weighted by Gasteiger charge is 2.24. The highest BCUT2D eigenvalue weighted by Crippen LogP contribution is 2.32. The summed E-state index contributed by atoms with van der Waals surface area (Å²) in [5, 5.41) is 12.1. The lowest BCUT2D eigenvalue weighted by molar-refractivity contribution is 0.0847. The zero-order valence-electron chi connectivity index (χ0n) is 10.5. The summed E-state index contributed by atoms with van der Waals surface area (Å²) in [6.07, 6.45) is 0.653. The zero-order valence-corrected chi connectivity index (χ0v) is 10.5. The first-order valence-electron chi connectivity index (χ1n) is 5.91. The summed E-state index contributed by atoms with van der Waals surface area (Å²) < 4.78 is 10.4. The number of aliphatic hydroxyl groups is 1. The molecule has 5 heteroatoms. The quantitative estimate of drug-likeness (QED) is 0.846. The fourth-order valence-corrected chi connectivity index (χ4v) is 1.62. The van der Waals surface area contributed by atoms with E-state index in [1.54, 1.807) is 25.1 Å². The van der Waals surface area contributed by atoms with Crippen molar-refractivity contribution in [3.05, 3.63) is 23.8 Å². The molecular weight excluding hydrogens is 234 g/mol. The Balaban J connectivity index is 2.14. The molecule has 0 radical (unpaired) electrons. The highest BCUT2D eigenvalue weighted by atomic mass is 16.7. The van der Waals surface area contributed by atoms with Gasteiger partial charge in [0, 0.05) is 5.56 Å². The van der Waals surface area contributed by atoms with Gasteiger partial charge in [0.25, 0.3) is 5.91 Å². The highest BCUT2D eigenvalue weighted by molar-refractivity contribution is 5.95. The average Bonchev–Trinajstić information content (AvgIpc) is 2.85. The molecule has 1 atom stereocenters. The summed E-state index contributed by atoms with van der Waals surface area (Å²) in [5.41, 5.74) is -0.111. The van der Waals surface area contributed by atoms with E-state index in [2.05, 4.69) is 5.32 Å². The Morgan fingerprint density at radius 2 is 2.17 bits per heavy atom. The topological polar surface area (TPSA) is 67.8 Å². The largest absolute Gasteiger partial charge is 0.454 e. The second-order valence-electron chi connectivity index (χ2n) is 4.59. The normalized spacial score (nSPS) is 16.2. The van der Waals surface area contributed by atoms with Crippen LogP contribution in [0.5, 0.6) is 11.5 Å². The van der Waals surface area contributed by atoms with Crippen LogP contribution >= 0.6 is 0 Å². The van der Waals surface area contributed by atoms with Crippen LogP contribution in [0.3, 0.4) is 0 Å². The number of nitrogens with one attached hydrogen (secondary N) is 1. The molecule has 0 saturated carbocycles. The molecule has 1 aromatic carbocycles. The molecule has 1 heterocycles. The number of carbonyl (C=O) groups is 1. The van der Waals surface area contributed by atoms with Crippen molar-refractivity contribution in [1.29, 1.82) is 0 Å². The number of hydrogen-bond acceptors (Lipinski definition) is 4. The minimum Gasteiger partial charge on any atom is -0.454 e. The van der Waals surface area contributed by atoms with Crippen LogP contribution in [-0.2, 0) is 0 Å². The predicted molar refractivity (Wildman–Crippen MR) is 65.8 cm³/mol. The van der Waals surface area contributed by atoms with E-state index < -0.39 is 5.54 Å². The number of ether oxygens (including phenoxy) is 2. The summed E-state index contributed by atoms with van der Waals surface area (Å²) >= 11 is 0. The standard InChI is InChI=1S/C13H17NO4/c1-3-13(2,7-15)14-12(16)9-4-5-10-11(6-9)18-8-17-10/h4-6,15H,3,7-8H2,1-2H3,(H,14,16). The average molecular weight is 251 g/mol. The molecule has 0 aliphatic carbocycles. The van der Waals surface area contributed by atoms with Crippen LogP contribution in [0.2, 0.25) is 0 Å². The molecule has 1 aliphatic heterocycles. The van der Waals surface area contributed by atoms with Gasteiger partial charge >= 0.3 is 0 Å². The van der Waals surface area contributed by atoms with Crippen LogP contribution in [0, 0.1) is 0 Å². The van der Waals surface area contributed by atoms with Crippen molar-refractivity contribution in [2.45, 2.75) is 25.8 Å². The lowest BCUT2D eigenvalue weighted by Crippen LogP contribution is -2.48. The molecule has 18 heavy (non-hydrogen) atoms. The van der Waals surface area contributed by atoms with Crippen molar-refractivity contribution in [2.75, 3.05) is 13.4 Å². The number of hydrogen-bond donors (Lipinski definition) is 2. The van der Waals surface area contributed by atoms with Crippen molar-refractivity contribution in [2.24, 2.45) is 0 Å². The number of aliphatic hydroxyl groups excluding tert-OH is 1. The molecule has 1 aromatic rings. The molecule has 0 bridgehead atoms. The first-order chi connectivity index (χ1) is 8.58.